The van der Waals surface area contributed by atoms with Gasteiger partial charge >= 0.3 is 0 Å². The molecule has 4 N–H and O–H groups in total. The predicted molar refractivity (Wildman–Crippen MR) is 96.5 cm³/mol. The van der Waals surface area contributed by atoms with Gasteiger partial charge in [0.05, 0.1) is 12.7 Å². The number of halogens is 4. The van der Waals surface area contributed by atoms with E-state index in [1.54, 1.807) is 0 Å². The normalized spacial score (nSPS) is 11.8. The predicted octanol–water partition coefficient (Wildman–Crippen LogP) is 2.93. The summed E-state index contributed by atoms with van der Waals surface area (Å²) in [6.45, 7) is 0.843. The standard InChI is InChI=1S/C19H19F4N3O3/c1-3-29-17(16-14(22)6-10(28-2)7-15(16)23)19(27)26-8-11-12(20)4-9(18(24)25)5-13(11)21/h4-7,17H,3,8H2,1-2H3,(H3,24,25)(H,26,27)/t17-/m0/s1. The third kappa shape index (κ3) is 5.02. The molecule has 0 aromatic heterocycles. The Kier molecular flexibility index (Phi) is 7.16. The molecule has 0 aliphatic rings. The van der Waals surface area contributed by atoms with Crippen molar-refractivity contribution in [3.63, 3.8) is 0 Å². The zero-order valence-electron chi connectivity index (χ0n) is 15.6. The van der Waals surface area contributed by atoms with Crippen LogP contribution in [0.15, 0.2) is 24.3 Å². The first-order valence-corrected chi connectivity index (χ1v) is 8.44. The highest BCUT2D eigenvalue weighted by atomic mass is 19.1. The van der Waals surface area contributed by atoms with Gasteiger partial charge in [0.15, 0.2) is 6.10 Å². The minimum absolute atomic E-state index is 0.0565. The molecule has 156 valence electrons. The number of nitrogens with two attached hydrogens (primary N) is 1. The Morgan fingerprint density at radius 1 is 1.10 bits per heavy atom. The number of ether oxygens (including phenoxy) is 2. The van der Waals surface area contributed by atoms with Gasteiger partial charge < -0.3 is 20.5 Å². The molecule has 2 aromatic rings. The minimum Gasteiger partial charge on any atom is -0.497 e. The van der Waals surface area contributed by atoms with Crippen LogP contribution in [0.25, 0.3) is 0 Å². The number of hydrogen-bond donors (Lipinski definition) is 3. The highest BCUT2D eigenvalue weighted by molar-refractivity contribution is 5.95. The summed E-state index contributed by atoms with van der Waals surface area (Å²) in [5, 5.41) is 9.42. The molecule has 0 radical (unpaired) electrons. The lowest BCUT2D eigenvalue weighted by molar-refractivity contribution is -0.133. The number of rotatable bonds is 8. The zero-order valence-corrected chi connectivity index (χ0v) is 15.6. The quantitative estimate of drug-likeness (QED) is 0.352. The van der Waals surface area contributed by atoms with Crippen LogP contribution in [0.3, 0.4) is 0 Å². The molecule has 10 heteroatoms. The van der Waals surface area contributed by atoms with Gasteiger partial charge in [-0.1, -0.05) is 0 Å². The van der Waals surface area contributed by atoms with E-state index in [0.717, 1.165) is 24.3 Å². The van der Waals surface area contributed by atoms with Gasteiger partial charge in [0, 0.05) is 36.4 Å². The summed E-state index contributed by atoms with van der Waals surface area (Å²) in [4.78, 5) is 12.5. The van der Waals surface area contributed by atoms with E-state index in [-0.39, 0.29) is 17.9 Å². The summed E-state index contributed by atoms with van der Waals surface area (Å²) in [7, 11) is 1.22. The van der Waals surface area contributed by atoms with Crippen LogP contribution in [-0.4, -0.2) is 25.5 Å². The lowest BCUT2D eigenvalue weighted by Crippen LogP contribution is -2.32. The van der Waals surface area contributed by atoms with Crippen molar-refractivity contribution in [3.8, 4) is 5.75 Å². The van der Waals surface area contributed by atoms with Crippen LogP contribution in [-0.2, 0) is 16.1 Å². The molecule has 0 aliphatic carbocycles. The van der Waals surface area contributed by atoms with Crippen molar-refractivity contribution < 1.29 is 31.8 Å². The fourth-order valence-electron chi connectivity index (χ4n) is 2.58. The Morgan fingerprint density at radius 2 is 1.66 bits per heavy atom. The van der Waals surface area contributed by atoms with Crippen molar-refractivity contribution >= 4 is 11.7 Å². The van der Waals surface area contributed by atoms with Crippen molar-refractivity contribution in [2.45, 2.75) is 19.6 Å². The molecule has 2 aromatic carbocycles. The van der Waals surface area contributed by atoms with Crippen molar-refractivity contribution in [2.24, 2.45) is 5.73 Å². The van der Waals surface area contributed by atoms with Gasteiger partial charge in [0.25, 0.3) is 5.91 Å². The second-order valence-corrected chi connectivity index (χ2v) is 5.89. The molecule has 1 amide bonds. The molecular formula is C19H19F4N3O3. The highest BCUT2D eigenvalue weighted by Gasteiger charge is 2.29. The lowest BCUT2D eigenvalue weighted by atomic mass is 10.1. The molecule has 0 aliphatic heterocycles. The third-order valence-electron chi connectivity index (χ3n) is 4.01. The number of amidine groups is 1. The summed E-state index contributed by atoms with van der Waals surface area (Å²) in [6.07, 6.45) is -1.69. The molecule has 0 fully saturated rings. The van der Waals surface area contributed by atoms with Crippen LogP contribution >= 0.6 is 0 Å². The van der Waals surface area contributed by atoms with E-state index in [1.807, 2.05) is 0 Å². The SMILES string of the molecule is CCO[C@H](C(=O)NCc1c(F)cc(C(=N)N)cc1F)c1c(F)cc(OC)cc1F. The molecule has 0 saturated heterocycles. The maximum Gasteiger partial charge on any atom is 0.254 e. The second-order valence-electron chi connectivity index (χ2n) is 5.89. The summed E-state index contributed by atoms with van der Waals surface area (Å²) < 4.78 is 66.7. The smallest absolute Gasteiger partial charge is 0.254 e. The molecular weight excluding hydrogens is 394 g/mol. The Morgan fingerprint density at radius 3 is 2.10 bits per heavy atom. The fraction of sp³-hybridized carbons (Fsp3) is 0.263. The number of carbonyl (C=O) groups excluding carboxylic acids is 1. The van der Waals surface area contributed by atoms with Crippen molar-refractivity contribution in [3.05, 3.63) is 64.2 Å². The molecule has 1 atom stereocenters. The van der Waals surface area contributed by atoms with E-state index in [9.17, 15) is 22.4 Å². The topological polar surface area (TPSA) is 97.4 Å². The Balaban J connectivity index is 2.27. The second kappa shape index (κ2) is 9.37. The van der Waals surface area contributed by atoms with E-state index in [1.165, 1.54) is 14.0 Å². The van der Waals surface area contributed by atoms with Gasteiger partial charge in [-0.3, -0.25) is 10.2 Å². The first kappa shape index (κ1) is 22.2. The largest absolute Gasteiger partial charge is 0.497 e. The molecule has 0 spiro atoms. The molecule has 29 heavy (non-hydrogen) atoms. The van der Waals surface area contributed by atoms with Gasteiger partial charge in [0.1, 0.15) is 34.9 Å². The van der Waals surface area contributed by atoms with E-state index in [4.69, 9.17) is 20.6 Å². The summed E-state index contributed by atoms with van der Waals surface area (Å²) in [6, 6.07) is 3.46. The maximum atomic E-state index is 14.3. The lowest BCUT2D eigenvalue weighted by Gasteiger charge is -2.19. The van der Waals surface area contributed by atoms with Crippen LogP contribution < -0.4 is 15.8 Å². The van der Waals surface area contributed by atoms with E-state index >= 15 is 0 Å². The van der Waals surface area contributed by atoms with Gasteiger partial charge in [-0.25, -0.2) is 17.6 Å². The van der Waals surface area contributed by atoms with Gasteiger partial charge in [-0.15, -0.1) is 0 Å². The fourth-order valence-corrected chi connectivity index (χ4v) is 2.58. The number of nitrogens with one attached hydrogen (secondary N) is 2. The molecule has 0 unspecified atom stereocenters. The Labute approximate surface area is 164 Å². The molecule has 2 rings (SSSR count). The number of amides is 1. The number of carbonyl (C=O) groups is 1. The molecule has 0 heterocycles. The first-order chi connectivity index (χ1) is 13.7. The molecule has 0 saturated carbocycles. The van der Waals surface area contributed by atoms with Crippen LogP contribution in [0.4, 0.5) is 17.6 Å². The van der Waals surface area contributed by atoms with Crippen molar-refractivity contribution in [1.29, 1.82) is 5.41 Å². The van der Waals surface area contributed by atoms with Crippen LogP contribution in [0.2, 0.25) is 0 Å². The molecule has 6 nitrogen and oxygen atoms in total. The summed E-state index contributed by atoms with van der Waals surface area (Å²) >= 11 is 0. The summed E-state index contributed by atoms with van der Waals surface area (Å²) in [5.74, 6) is -5.83. The number of methoxy groups -OCH3 is 1. The van der Waals surface area contributed by atoms with Gasteiger partial charge in [0.2, 0.25) is 0 Å². The Hall–Kier alpha value is -3.14. The van der Waals surface area contributed by atoms with E-state index in [2.05, 4.69) is 5.32 Å². The minimum atomic E-state index is -1.69. The monoisotopic (exact) mass is 413 g/mol. The number of nitrogen functional groups attached to an aromatic ring is 1. The number of hydrogen-bond acceptors (Lipinski definition) is 4. The Bertz CT molecular complexity index is 891. The zero-order chi connectivity index (χ0) is 21.7. The number of benzene rings is 2. The van der Waals surface area contributed by atoms with Crippen LogP contribution in [0, 0.1) is 28.7 Å². The van der Waals surface area contributed by atoms with Crippen LogP contribution in [0.1, 0.15) is 29.7 Å². The van der Waals surface area contributed by atoms with E-state index < -0.39 is 58.8 Å². The average molecular weight is 413 g/mol. The third-order valence-corrected chi connectivity index (χ3v) is 4.01. The average Bonchev–Trinajstić information content (AvgIpc) is 2.65. The molecule has 0 bridgehead atoms. The van der Waals surface area contributed by atoms with Gasteiger partial charge in [-0.2, -0.15) is 0 Å². The van der Waals surface area contributed by atoms with Crippen molar-refractivity contribution in [2.75, 3.05) is 13.7 Å². The maximum absolute atomic E-state index is 14.3. The van der Waals surface area contributed by atoms with Crippen molar-refractivity contribution in [1.82, 2.24) is 5.32 Å². The van der Waals surface area contributed by atoms with Crippen LogP contribution in [0.5, 0.6) is 5.75 Å². The summed E-state index contributed by atoms with van der Waals surface area (Å²) in [5.41, 5.74) is 3.87. The highest BCUT2D eigenvalue weighted by Crippen LogP contribution is 2.28. The van der Waals surface area contributed by atoms with E-state index in [0.29, 0.717) is 0 Å². The first-order valence-electron chi connectivity index (χ1n) is 8.44. The van der Waals surface area contributed by atoms with Gasteiger partial charge in [-0.05, 0) is 19.1 Å².